The third-order valence-corrected chi connectivity index (χ3v) is 7.75. The molecule has 1 saturated heterocycles. The second kappa shape index (κ2) is 10.5. The van der Waals surface area contributed by atoms with E-state index < -0.39 is 0 Å². The van der Waals surface area contributed by atoms with Crippen molar-refractivity contribution in [2.24, 2.45) is 5.92 Å². The second-order valence-electron chi connectivity index (χ2n) is 7.96. The monoisotopic (exact) mass is 443 g/mol. The van der Waals surface area contributed by atoms with Gasteiger partial charge in [0.2, 0.25) is 11.8 Å². The van der Waals surface area contributed by atoms with Crippen molar-refractivity contribution < 1.29 is 9.59 Å². The number of anilines is 1. The zero-order valence-corrected chi connectivity index (χ0v) is 18.9. The average molecular weight is 444 g/mol. The van der Waals surface area contributed by atoms with Gasteiger partial charge in [-0.15, -0.1) is 23.1 Å². The quantitative estimate of drug-likeness (QED) is 0.703. The van der Waals surface area contributed by atoms with Crippen molar-refractivity contribution in [1.82, 2.24) is 10.2 Å². The molecule has 0 bridgehead atoms. The number of nitrogens with zero attached hydrogens (tertiary/aromatic N) is 2. The Morgan fingerprint density at radius 2 is 1.87 bits per heavy atom. The number of thiophene rings is 1. The molecule has 1 fully saturated rings. The van der Waals surface area contributed by atoms with Crippen molar-refractivity contribution in [2.45, 2.75) is 37.1 Å². The highest BCUT2D eigenvalue weighted by Crippen LogP contribution is 2.34. The number of hydrogen-bond donors (Lipinski definition) is 1. The van der Waals surface area contributed by atoms with Gasteiger partial charge in [0.25, 0.3) is 0 Å². The molecule has 160 valence electrons. The van der Waals surface area contributed by atoms with Gasteiger partial charge in [-0.1, -0.05) is 18.2 Å². The highest BCUT2D eigenvalue weighted by molar-refractivity contribution is 7.99. The number of likely N-dealkylation sites (tertiary alicyclic amines) is 1. The summed E-state index contributed by atoms with van der Waals surface area (Å²) in [5, 5.41) is 5.19. The Morgan fingerprint density at radius 3 is 2.67 bits per heavy atom. The molecule has 0 spiro atoms. The summed E-state index contributed by atoms with van der Waals surface area (Å²) in [6.45, 7) is 4.65. The van der Waals surface area contributed by atoms with Gasteiger partial charge in [-0.05, 0) is 55.4 Å². The average Bonchev–Trinajstić information content (AvgIpc) is 3.29. The summed E-state index contributed by atoms with van der Waals surface area (Å²) in [7, 11) is 0. The first kappa shape index (κ1) is 21.4. The Labute approximate surface area is 186 Å². The number of thioether (sulfide) groups is 1. The minimum atomic E-state index is -0.0102. The lowest BCUT2D eigenvalue weighted by atomic mass is 9.96. The van der Waals surface area contributed by atoms with E-state index in [9.17, 15) is 9.59 Å². The number of piperidine rings is 1. The Balaban J connectivity index is 1.15. The fourth-order valence-electron chi connectivity index (χ4n) is 4.10. The Bertz CT molecular complexity index is 848. The summed E-state index contributed by atoms with van der Waals surface area (Å²) in [5.74, 6) is 1.47. The van der Waals surface area contributed by atoms with Gasteiger partial charge in [-0.25, -0.2) is 0 Å². The van der Waals surface area contributed by atoms with E-state index in [2.05, 4.69) is 33.8 Å². The first-order valence-corrected chi connectivity index (χ1v) is 12.6. The maximum Gasteiger partial charge on any atom is 0.227 e. The van der Waals surface area contributed by atoms with Crippen molar-refractivity contribution >= 4 is 40.6 Å². The normalized spacial score (nSPS) is 17.5. The zero-order chi connectivity index (χ0) is 20.8. The molecule has 0 unspecified atom stereocenters. The van der Waals surface area contributed by atoms with Crippen molar-refractivity contribution in [1.29, 1.82) is 0 Å². The third-order valence-electron chi connectivity index (χ3n) is 5.85. The van der Waals surface area contributed by atoms with Crippen LogP contribution < -0.4 is 10.2 Å². The summed E-state index contributed by atoms with van der Waals surface area (Å²) in [6, 6.07) is 12.3. The number of rotatable bonds is 7. The SMILES string of the molecule is O=C(CCC(=O)N1CCSc2ccccc21)NCC1CCN(Cc2cccs2)CC1. The third kappa shape index (κ3) is 5.65. The van der Waals surface area contributed by atoms with Crippen molar-refractivity contribution in [2.75, 3.05) is 36.8 Å². The van der Waals surface area contributed by atoms with Gasteiger partial charge >= 0.3 is 0 Å². The summed E-state index contributed by atoms with van der Waals surface area (Å²) in [5.41, 5.74) is 0.980. The van der Waals surface area contributed by atoms with Gasteiger partial charge in [-0.3, -0.25) is 14.5 Å². The predicted molar refractivity (Wildman–Crippen MR) is 124 cm³/mol. The van der Waals surface area contributed by atoms with Crippen LogP contribution in [0.3, 0.4) is 0 Å². The van der Waals surface area contributed by atoms with Crippen LogP contribution in [0.2, 0.25) is 0 Å². The van der Waals surface area contributed by atoms with Crippen LogP contribution in [0.4, 0.5) is 5.69 Å². The molecule has 4 rings (SSSR count). The largest absolute Gasteiger partial charge is 0.356 e. The number of carbonyl (C=O) groups excluding carboxylic acids is 2. The van der Waals surface area contributed by atoms with Crippen LogP contribution in [-0.4, -0.2) is 48.6 Å². The molecule has 7 heteroatoms. The molecule has 0 atom stereocenters. The Hall–Kier alpha value is -1.83. The number of nitrogens with one attached hydrogen (secondary N) is 1. The molecule has 2 amide bonds. The summed E-state index contributed by atoms with van der Waals surface area (Å²) < 4.78 is 0. The molecule has 2 aromatic rings. The number of carbonyl (C=O) groups is 2. The topological polar surface area (TPSA) is 52.7 Å². The molecular weight excluding hydrogens is 414 g/mol. The van der Waals surface area contributed by atoms with Gasteiger partial charge in [0.1, 0.15) is 0 Å². The van der Waals surface area contributed by atoms with E-state index in [1.54, 1.807) is 11.8 Å². The fourth-order valence-corrected chi connectivity index (χ4v) is 5.84. The Morgan fingerprint density at radius 1 is 1.03 bits per heavy atom. The smallest absolute Gasteiger partial charge is 0.227 e. The van der Waals surface area contributed by atoms with Crippen LogP contribution in [0, 0.1) is 5.92 Å². The van der Waals surface area contributed by atoms with E-state index in [0.29, 0.717) is 12.5 Å². The summed E-state index contributed by atoms with van der Waals surface area (Å²) in [4.78, 5) is 31.9. The van der Waals surface area contributed by atoms with Gasteiger partial charge in [-0.2, -0.15) is 0 Å². The lowest BCUT2D eigenvalue weighted by molar-refractivity contribution is -0.125. The maximum absolute atomic E-state index is 12.7. The molecule has 1 aromatic carbocycles. The molecule has 0 radical (unpaired) electrons. The van der Waals surface area contributed by atoms with E-state index >= 15 is 0 Å². The van der Waals surface area contributed by atoms with Crippen molar-refractivity contribution in [3.05, 3.63) is 46.7 Å². The maximum atomic E-state index is 12.7. The van der Waals surface area contributed by atoms with E-state index in [0.717, 1.165) is 55.4 Å². The highest BCUT2D eigenvalue weighted by Gasteiger charge is 2.23. The fraction of sp³-hybridized carbons (Fsp3) is 0.478. The number of fused-ring (bicyclic) bond motifs is 1. The lowest BCUT2D eigenvalue weighted by Gasteiger charge is -2.31. The minimum Gasteiger partial charge on any atom is -0.356 e. The molecule has 0 saturated carbocycles. The number of benzene rings is 1. The van der Waals surface area contributed by atoms with Crippen molar-refractivity contribution in [3.8, 4) is 0 Å². The minimum absolute atomic E-state index is 0.0102. The van der Waals surface area contributed by atoms with Crippen LogP contribution in [0.15, 0.2) is 46.7 Å². The first-order valence-electron chi connectivity index (χ1n) is 10.7. The van der Waals surface area contributed by atoms with Gasteiger partial charge < -0.3 is 10.2 Å². The number of para-hydroxylation sites is 1. The molecule has 1 aromatic heterocycles. The summed E-state index contributed by atoms with van der Waals surface area (Å²) in [6.07, 6.45) is 2.77. The highest BCUT2D eigenvalue weighted by atomic mass is 32.2. The molecule has 2 aliphatic heterocycles. The molecule has 3 heterocycles. The molecule has 1 N–H and O–H groups in total. The number of hydrogen-bond acceptors (Lipinski definition) is 5. The molecule has 5 nitrogen and oxygen atoms in total. The van der Waals surface area contributed by atoms with Gasteiger partial charge in [0.15, 0.2) is 0 Å². The summed E-state index contributed by atoms with van der Waals surface area (Å²) >= 11 is 3.60. The zero-order valence-electron chi connectivity index (χ0n) is 17.2. The predicted octanol–water partition coefficient (Wildman–Crippen LogP) is 4.00. The van der Waals surface area contributed by atoms with Gasteiger partial charge in [0.05, 0.1) is 5.69 Å². The molecule has 30 heavy (non-hydrogen) atoms. The van der Waals surface area contributed by atoms with Crippen LogP contribution in [-0.2, 0) is 16.1 Å². The van der Waals surface area contributed by atoms with Crippen LogP contribution in [0.1, 0.15) is 30.6 Å². The molecule has 2 aliphatic rings. The number of amides is 2. The van der Waals surface area contributed by atoms with E-state index in [1.165, 1.54) is 4.88 Å². The van der Waals surface area contributed by atoms with Crippen molar-refractivity contribution in [3.63, 3.8) is 0 Å². The molecular formula is C23H29N3O2S2. The second-order valence-corrected chi connectivity index (χ2v) is 10.1. The standard InChI is InChI=1S/C23H29N3O2S2/c27-22(7-8-23(28)26-13-15-30-21-6-2-1-5-20(21)26)24-16-18-9-11-25(12-10-18)17-19-4-3-14-29-19/h1-6,14,18H,7-13,15-17H2,(H,24,27). The first-order chi connectivity index (χ1) is 14.7. The van der Waals surface area contributed by atoms with E-state index in [4.69, 9.17) is 0 Å². The van der Waals surface area contributed by atoms with Gasteiger partial charge in [0, 0.05) is 48.0 Å². The van der Waals surface area contributed by atoms with Crippen LogP contribution in [0.25, 0.3) is 0 Å². The van der Waals surface area contributed by atoms with E-state index in [1.807, 2.05) is 34.4 Å². The van der Waals surface area contributed by atoms with E-state index in [-0.39, 0.29) is 24.7 Å². The Kier molecular flexibility index (Phi) is 7.47. The van der Waals surface area contributed by atoms with Crippen LogP contribution in [0.5, 0.6) is 0 Å². The van der Waals surface area contributed by atoms with Crippen LogP contribution >= 0.6 is 23.1 Å². The lowest BCUT2D eigenvalue weighted by Crippen LogP contribution is -2.39. The molecule has 0 aliphatic carbocycles.